The van der Waals surface area contributed by atoms with E-state index in [4.69, 9.17) is 14.2 Å². The monoisotopic (exact) mass is 395 g/mol. The molecule has 2 aliphatic rings. The Morgan fingerprint density at radius 2 is 1.69 bits per heavy atom. The third kappa shape index (κ3) is 4.66. The van der Waals surface area contributed by atoms with Gasteiger partial charge in [0.25, 0.3) is 5.91 Å². The molecule has 5 nitrogen and oxygen atoms in total. The Kier molecular flexibility index (Phi) is 5.93. The van der Waals surface area contributed by atoms with Gasteiger partial charge in [0.1, 0.15) is 5.75 Å². The maximum Gasteiger partial charge on any atom is 0.254 e. The first-order chi connectivity index (χ1) is 14.2. The Balaban J connectivity index is 1.43. The molecule has 2 fully saturated rings. The lowest BCUT2D eigenvalue weighted by atomic mass is 9.86. The number of ether oxygens (including phenoxy) is 3. The summed E-state index contributed by atoms with van der Waals surface area (Å²) in [5, 5.41) is 0. The zero-order chi connectivity index (χ0) is 20.2. The van der Waals surface area contributed by atoms with Gasteiger partial charge in [-0.2, -0.15) is 0 Å². The van der Waals surface area contributed by atoms with Gasteiger partial charge in [0.05, 0.1) is 20.8 Å². The second-order valence-electron chi connectivity index (χ2n) is 7.99. The fourth-order valence-electron chi connectivity index (χ4n) is 3.65. The van der Waals surface area contributed by atoms with Crippen LogP contribution < -0.4 is 14.2 Å². The Labute approximate surface area is 172 Å². The highest BCUT2D eigenvalue weighted by atomic mass is 16.5. The summed E-state index contributed by atoms with van der Waals surface area (Å²) in [5.74, 6) is 2.85. The molecule has 2 aromatic rings. The predicted octanol–water partition coefficient (Wildman–Crippen LogP) is 4.69. The first kappa shape index (κ1) is 19.6. The number of rotatable bonds is 9. The second-order valence-corrected chi connectivity index (χ2v) is 7.99. The third-order valence-corrected chi connectivity index (χ3v) is 5.87. The van der Waals surface area contributed by atoms with Crippen molar-refractivity contribution in [2.45, 2.75) is 44.7 Å². The number of hydrogen-bond donors (Lipinski definition) is 0. The van der Waals surface area contributed by atoms with E-state index in [2.05, 4.69) is 12.1 Å². The van der Waals surface area contributed by atoms with Crippen LogP contribution >= 0.6 is 0 Å². The van der Waals surface area contributed by atoms with E-state index < -0.39 is 0 Å². The molecule has 0 bridgehead atoms. The van der Waals surface area contributed by atoms with E-state index in [0.29, 0.717) is 29.6 Å². The Bertz CT molecular complexity index is 840. The first-order valence-electron chi connectivity index (χ1n) is 10.4. The van der Waals surface area contributed by atoms with Gasteiger partial charge in [-0.3, -0.25) is 4.79 Å². The Hall–Kier alpha value is -2.69. The first-order valence-corrected chi connectivity index (χ1v) is 10.4. The van der Waals surface area contributed by atoms with E-state index >= 15 is 0 Å². The minimum atomic E-state index is 0.0266. The molecular formula is C24H29NO4. The molecule has 0 aliphatic heterocycles. The normalized spacial score (nSPS) is 16.1. The lowest BCUT2D eigenvalue weighted by Gasteiger charge is -2.25. The summed E-state index contributed by atoms with van der Waals surface area (Å²) >= 11 is 0. The lowest BCUT2D eigenvalue weighted by molar-refractivity contribution is 0.0729. The van der Waals surface area contributed by atoms with Crippen LogP contribution in [-0.4, -0.2) is 37.7 Å². The van der Waals surface area contributed by atoms with E-state index in [9.17, 15) is 4.79 Å². The van der Waals surface area contributed by atoms with Crippen molar-refractivity contribution in [3.8, 4) is 17.2 Å². The van der Waals surface area contributed by atoms with Crippen LogP contribution in [0.15, 0.2) is 42.5 Å². The minimum absolute atomic E-state index is 0.0266. The van der Waals surface area contributed by atoms with Crippen molar-refractivity contribution in [2.75, 3.05) is 20.8 Å². The van der Waals surface area contributed by atoms with Crippen LogP contribution in [0.1, 0.15) is 48.0 Å². The van der Waals surface area contributed by atoms with Crippen LogP contribution in [0, 0.1) is 5.92 Å². The van der Waals surface area contributed by atoms with Crippen molar-refractivity contribution in [2.24, 2.45) is 5.92 Å². The van der Waals surface area contributed by atoms with Crippen molar-refractivity contribution >= 4 is 5.91 Å². The van der Waals surface area contributed by atoms with Crippen LogP contribution in [0.4, 0.5) is 0 Å². The van der Waals surface area contributed by atoms with Gasteiger partial charge >= 0.3 is 0 Å². The van der Waals surface area contributed by atoms with Gasteiger partial charge in [-0.1, -0.05) is 18.6 Å². The summed E-state index contributed by atoms with van der Waals surface area (Å²) in [7, 11) is 3.18. The maximum absolute atomic E-state index is 13.2. The zero-order valence-corrected chi connectivity index (χ0v) is 17.2. The van der Waals surface area contributed by atoms with Crippen molar-refractivity contribution in [3.05, 3.63) is 53.6 Å². The van der Waals surface area contributed by atoms with Crippen molar-refractivity contribution < 1.29 is 19.0 Å². The Morgan fingerprint density at radius 3 is 2.28 bits per heavy atom. The molecule has 0 spiro atoms. The van der Waals surface area contributed by atoms with Gasteiger partial charge in [0, 0.05) is 18.2 Å². The number of carbonyl (C=O) groups is 1. The van der Waals surface area contributed by atoms with Crippen molar-refractivity contribution in [1.29, 1.82) is 0 Å². The van der Waals surface area contributed by atoms with Gasteiger partial charge < -0.3 is 19.1 Å². The molecule has 154 valence electrons. The topological polar surface area (TPSA) is 48.0 Å². The molecule has 0 radical (unpaired) electrons. The largest absolute Gasteiger partial charge is 0.493 e. The van der Waals surface area contributed by atoms with Gasteiger partial charge in [-0.15, -0.1) is 0 Å². The van der Waals surface area contributed by atoms with E-state index in [1.54, 1.807) is 32.4 Å². The van der Waals surface area contributed by atoms with E-state index in [1.807, 2.05) is 17.0 Å². The maximum atomic E-state index is 13.2. The van der Waals surface area contributed by atoms with Gasteiger partial charge in [0.15, 0.2) is 11.5 Å². The molecule has 1 amide bonds. The van der Waals surface area contributed by atoms with Crippen LogP contribution in [0.5, 0.6) is 17.2 Å². The molecule has 0 atom stereocenters. The van der Waals surface area contributed by atoms with E-state index in [-0.39, 0.29) is 5.91 Å². The summed E-state index contributed by atoms with van der Waals surface area (Å²) in [6.45, 7) is 1.41. The molecule has 0 N–H and O–H groups in total. The second kappa shape index (κ2) is 8.76. The number of nitrogens with zero attached hydrogens (tertiary/aromatic N) is 1. The summed E-state index contributed by atoms with van der Waals surface area (Å²) in [5.41, 5.74) is 1.73. The molecular weight excluding hydrogens is 366 g/mol. The fourth-order valence-corrected chi connectivity index (χ4v) is 3.65. The van der Waals surface area contributed by atoms with Gasteiger partial charge in [-0.05, 0) is 67.5 Å². The van der Waals surface area contributed by atoms with Gasteiger partial charge in [0.2, 0.25) is 0 Å². The molecule has 4 rings (SSSR count). The molecule has 0 heterocycles. The molecule has 29 heavy (non-hydrogen) atoms. The SMILES string of the molecule is COc1ccc(C(=O)N(Cc2ccc(OCC3CCC3)cc2)C2CC2)cc1OC. The molecule has 5 heteroatoms. The molecule has 2 aromatic carbocycles. The van der Waals surface area contributed by atoms with Crippen LogP contribution in [0.2, 0.25) is 0 Å². The lowest BCUT2D eigenvalue weighted by Crippen LogP contribution is -2.32. The molecule has 0 saturated heterocycles. The number of amides is 1. The predicted molar refractivity (Wildman–Crippen MR) is 112 cm³/mol. The zero-order valence-electron chi connectivity index (χ0n) is 17.2. The van der Waals surface area contributed by atoms with Crippen LogP contribution in [0.3, 0.4) is 0 Å². The highest BCUT2D eigenvalue weighted by Crippen LogP contribution is 2.33. The fraction of sp³-hybridized carbons (Fsp3) is 0.458. The Morgan fingerprint density at radius 1 is 0.966 bits per heavy atom. The smallest absolute Gasteiger partial charge is 0.254 e. The molecule has 0 unspecified atom stereocenters. The highest BCUT2D eigenvalue weighted by Gasteiger charge is 2.33. The highest BCUT2D eigenvalue weighted by molar-refractivity contribution is 5.95. The minimum Gasteiger partial charge on any atom is -0.493 e. The van der Waals surface area contributed by atoms with Crippen molar-refractivity contribution in [1.82, 2.24) is 4.90 Å². The molecule has 2 saturated carbocycles. The van der Waals surface area contributed by atoms with Crippen LogP contribution in [0.25, 0.3) is 0 Å². The average Bonchev–Trinajstić information content (AvgIpc) is 3.56. The molecule has 0 aromatic heterocycles. The summed E-state index contributed by atoms with van der Waals surface area (Å²) in [6.07, 6.45) is 6.01. The summed E-state index contributed by atoms with van der Waals surface area (Å²) in [6, 6.07) is 13.8. The van der Waals surface area contributed by atoms with E-state index in [1.165, 1.54) is 19.3 Å². The number of benzene rings is 2. The summed E-state index contributed by atoms with van der Waals surface area (Å²) in [4.78, 5) is 15.2. The third-order valence-electron chi connectivity index (χ3n) is 5.87. The van der Waals surface area contributed by atoms with Crippen LogP contribution in [-0.2, 0) is 6.54 Å². The van der Waals surface area contributed by atoms with Crippen molar-refractivity contribution in [3.63, 3.8) is 0 Å². The average molecular weight is 395 g/mol. The summed E-state index contributed by atoms with van der Waals surface area (Å²) < 4.78 is 16.5. The quantitative estimate of drug-likeness (QED) is 0.618. The molecule has 2 aliphatic carbocycles. The number of hydrogen-bond acceptors (Lipinski definition) is 4. The standard InChI is InChI=1S/C24H29NO4/c1-27-22-13-8-19(14-23(22)28-2)24(26)25(20-9-10-20)15-17-6-11-21(12-7-17)29-16-18-4-3-5-18/h6-8,11-14,18,20H,3-5,9-10,15-16H2,1-2H3. The number of carbonyl (C=O) groups excluding carboxylic acids is 1. The number of methoxy groups -OCH3 is 2. The van der Waals surface area contributed by atoms with E-state index in [0.717, 1.165) is 36.7 Å². The van der Waals surface area contributed by atoms with Gasteiger partial charge in [-0.25, -0.2) is 0 Å².